The highest BCUT2D eigenvalue weighted by Gasteiger charge is 2.03. The van der Waals surface area contributed by atoms with Gasteiger partial charge in [0.25, 0.3) is 0 Å². The lowest BCUT2D eigenvalue weighted by molar-refractivity contribution is -0.136. The van der Waals surface area contributed by atoms with Crippen LogP contribution in [0.3, 0.4) is 0 Å². The van der Waals surface area contributed by atoms with E-state index in [2.05, 4.69) is 24.4 Å². The summed E-state index contributed by atoms with van der Waals surface area (Å²) in [5, 5.41) is 12.0. The predicted molar refractivity (Wildman–Crippen MR) is 62.5 cm³/mol. The van der Waals surface area contributed by atoms with Crippen LogP contribution in [0, 0.1) is 6.92 Å². The third-order valence-corrected chi connectivity index (χ3v) is 3.52. The van der Waals surface area contributed by atoms with E-state index >= 15 is 0 Å². The Bertz CT molecular complexity index is 499. The summed E-state index contributed by atoms with van der Waals surface area (Å²) in [6.45, 7) is 2.09. The molecule has 0 radical (unpaired) electrons. The van der Waals surface area contributed by atoms with Crippen LogP contribution in [0.5, 0.6) is 0 Å². The summed E-state index contributed by atoms with van der Waals surface area (Å²) in [6, 6.07) is 6.19. The molecular formula is C12H12O2S. The maximum absolute atomic E-state index is 10.4. The number of aliphatic carboxylic acids is 1. The molecule has 0 aliphatic carbocycles. The standard InChI is InChI=1S/C12H12O2S/c1-8-7-15-11-6-9(2-4-10(8)11)3-5-12(13)14/h2,4,6-7H,3,5H2,1H3,(H,13,14). The minimum atomic E-state index is -0.738. The Morgan fingerprint density at radius 1 is 1.47 bits per heavy atom. The molecule has 2 aromatic rings. The molecule has 0 fully saturated rings. The second kappa shape index (κ2) is 4.03. The largest absolute Gasteiger partial charge is 0.481 e. The minimum absolute atomic E-state index is 0.204. The van der Waals surface area contributed by atoms with Crippen molar-refractivity contribution in [2.24, 2.45) is 0 Å². The lowest BCUT2D eigenvalue weighted by Gasteiger charge is -1.99. The summed E-state index contributed by atoms with van der Waals surface area (Å²) in [4.78, 5) is 10.4. The van der Waals surface area contributed by atoms with E-state index in [-0.39, 0.29) is 6.42 Å². The second-order valence-electron chi connectivity index (χ2n) is 3.64. The van der Waals surface area contributed by atoms with Gasteiger partial charge in [0.05, 0.1) is 0 Å². The Hall–Kier alpha value is -1.35. The Labute approximate surface area is 92.2 Å². The number of carboxylic acids is 1. The number of carbonyl (C=O) groups is 1. The molecule has 0 saturated heterocycles. The number of benzene rings is 1. The lowest BCUT2D eigenvalue weighted by atomic mass is 10.1. The number of carboxylic acid groups (broad SMARTS) is 1. The number of rotatable bonds is 3. The zero-order chi connectivity index (χ0) is 10.8. The Morgan fingerprint density at radius 3 is 3.00 bits per heavy atom. The monoisotopic (exact) mass is 220 g/mol. The van der Waals surface area contributed by atoms with Crippen LogP contribution in [0.15, 0.2) is 23.6 Å². The number of fused-ring (bicyclic) bond motifs is 1. The van der Waals surface area contributed by atoms with E-state index in [4.69, 9.17) is 5.11 Å². The minimum Gasteiger partial charge on any atom is -0.481 e. The second-order valence-corrected chi connectivity index (χ2v) is 4.55. The molecule has 1 N–H and O–H groups in total. The van der Waals surface area contributed by atoms with Gasteiger partial charge in [-0.1, -0.05) is 12.1 Å². The van der Waals surface area contributed by atoms with Crippen LogP contribution in [0.2, 0.25) is 0 Å². The van der Waals surface area contributed by atoms with Gasteiger partial charge in [0, 0.05) is 11.1 Å². The molecule has 2 rings (SSSR count). The van der Waals surface area contributed by atoms with Crippen molar-refractivity contribution in [1.29, 1.82) is 0 Å². The molecule has 78 valence electrons. The molecule has 0 spiro atoms. The van der Waals surface area contributed by atoms with Crippen molar-refractivity contribution in [2.45, 2.75) is 19.8 Å². The summed E-state index contributed by atoms with van der Waals surface area (Å²) in [7, 11) is 0. The zero-order valence-corrected chi connectivity index (χ0v) is 9.30. The van der Waals surface area contributed by atoms with Crippen molar-refractivity contribution < 1.29 is 9.90 Å². The smallest absolute Gasteiger partial charge is 0.303 e. The van der Waals surface area contributed by atoms with Gasteiger partial charge in [-0.2, -0.15) is 0 Å². The van der Waals surface area contributed by atoms with Gasteiger partial charge in [-0.25, -0.2) is 0 Å². The van der Waals surface area contributed by atoms with Crippen LogP contribution in [-0.2, 0) is 11.2 Å². The fourth-order valence-corrected chi connectivity index (χ4v) is 2.62. The topological polar surface area (TPSA) is 37.3 Å². The van der Waals surface area contributed by atoms with Gasteiger partial charge in [0.2, 0.25) is 0 Å². The molecule has 1 heterocycles. The zero-order valence-electron chi connectivity index (χ0n) is 8.49. The van der Waals surface area contributed by atoms with Crippen LogP contribution >= 0.6 is 11.3 Å². The van der Waals surface area contributed by atoms with Gasteiger partial charge in [-0.3, -0.25) is 4.79 Å². The van der Waals surface area contributed by atoms with Crippen molar-refractivity contribution in [1.82, 2.24) is 0 Å². The van der Waals surface area contributed by atoms with Crippen LogP contribution < -0.4 is 0 Å². The summed E-state index contributed by atoms with van der Waals surface area (Å²) < 4.78 is 1.25. The molecule has 0 aliphatic rings. The quantitative estimate of drug-likeness (QED) is 0.862. The molecule has 1 aromatic heterocycles. The molecule has 1 aromatic carbocycles. The molecular weight excluding hydrogens is 208 g/mol. The first kappa shape index (κ1) is 10.2. The predicted octanol–water partition coefficient (Wildman–Crippen LogP) is 3.23. The fourth-order valence-electron chi connectivity index (χ4n) is 1.61. The third kappa shape index (κ3) is 2.18. The molecule has 0 saturated carbocycles. The molecule has 0 bridgehead atoms. The summed E-state index contributed by atoms with van der Waals surface area (Å²) >= 11 is 1.71. The molecule has 0 aliphatic heterocycles. The number of thiophene rings is 1. The third-order valence-electron chi connectivity index (χ3n) is 2.46. The maximum atomic E-state index is 10.4. The van der Waals surface area contributed by atoms with E-state index in [9.17, 15) is 4.79 Å². The molecule has 2 nitrogen and oxygen atoms in total. The maximum Gasteiger partial charge on any atom is 0.303 e. The van der Waals surface area contributed by atoms with Crippen LogP contribution in [0.25, 0.3) is 10.1 Å². The first-order valence-corrected chi connectivity index (χ1v) is 5.73. The lowest BCUT2D eigenvalue weighted by Crippen LogP contribution is -1.96. The molecule has 0 atom stereocenters. The molecule has 0 amide bonds. The number of hydrogen-bond donors (Lipinski definition) is 1. The first-order chi connectivity index (χ1) is 7.16. The van der Waals surface area contributed by atoms with E-state index in [0.717, 1.165) is 5.56 Å². The van der Waals surface area contributed by atoms with Gasteiger partial charge >= 0.3 is 5.97 Å². The average Bonchev–Trinajstić information content (AvgIpc) is 2.57. The van der Waals surface area contributed by atoms with E-state index in [1.165, 1.54) is 15.6 Å². The molecule has 0 unspecified atom stereocenters. The van der Waals surface area contributed by atoms with Gasteiger partial charge in [0.1, 0.15) is 0 Å². The summed E-state index contributed by atoms with van der Waals surface area (Å²) in [5.41, 5.74) is 2.39. The van der Waals surface area contributed by atoms with Crippen molar-refractivity contribution in [3.8, 4) is 0 Å². The van der Waals surface area contributed by atoms with Gasteiger partial charge < -0.3 is 5.11 Å². The highest BCUT2D eigenvalue weighted by molar-refractivity contribution is 7.17. The normalized spacial score (nSPS) is 10.7. The Kier molecular flexibility index (Phi) is 2.73. The van der Waals surface area contributed by atoms with Gasteiger partial charge in [-0.05, 0) is 41.3 Å². The summed E-state index contributed by atoms with van der Waals surface area (Å²) in [6.07, 6.45) is 0.818. The highest BCUT2D eigenvalue weighted by atomic mass is 32.1. The SMILES string of the molecule is Cc1csc2cc(CCC(=O)O)ccc12. The molecule has 15 heavy (non-hydrogen) atoms. The van der Waals surface area contributed by atoms with Crippen LogP contribution in [-0.4, -0.2) is 11.1 Å². The van der Waals surface area contributed by atoms with Crippen molar-refractivity contribution in [3.63, 3.8) is 0 Å². The Morgan fingerprint density at radius 2 is 2.27 bits per heavy atom. The van der Waals surface area contributed by atoms with E-state index in [0.29, 0.717) is 6.42 Å². The number of hydrogen-bond acceptors (Lipinski definition) is 2. The van der Waals surface area contributed by atoms with Gasteiger partial charge in [-0.15, -0.1) is 11.3 Å². The summed E-state index contributed by atoms with van der Waals surface area (Å²) in [5.74, 6) is -0.738. The van der Waals surface area contributed by atoms with Crippen molar-refractivity contribution >= 4 is 27.4 Å². The van der Waals surface area contributed by atoms with Crippen molar-refractivity contribution in [2.75, 3.05) is 0 Å². The van der Waals surface area contributed by atoms with Crippen LogP contribution in [0.4, 0.5) is 0 Å². The van der Waals surface area contributed by atoms with E-state index in [1.807, 2.05) is 6.07 Å². The van der Waals surface area contributed by atoms with E-state index < -0.39 is 5.97 Å². The fraction of sp³-hybridized carbons (Fsp3) is 0.250. The first-order valence-electron chi connectivity index (χ1n) is 4.85. The molecule has 3 heteroatoms. The number of aryl methyl sites for hydroxylation is 2. The van der Waals surface area contributed by atoms with Crippen molar-refractivity contribution in [3.05, 3.63) is 34.7 Å². The van der Waals surface area contributed by atoms with Gasteiger partial charge in [0.15, 0.2) is 0 Å². The average molecular weight is 220 g/mol. The van der Waals surface area contributed by atoms with Crippen LogP contribution in [0.1, 0.15) is 17.5 Å². The Balaban J connectivity index is 2.27. The van der Waals surface area contributed by atoms with E-state index in [1.54, 1.807) is 11.3 Å². The highest BCUT2D eigenvalue weighted by Crippen LogP contribution is 2.26.